The number of carbonyl (C=O) groups excluding carboxylic acids is 1. The zero-order valence-electron chi connectivity index (χ0n) is 36.8. The zero-order valence-corrected chi connectivity index (χ0v) is 38.4. The molecule has 370 valence electrons. The minimum atomic E-state index is -3.09. The van der Waals surface area contributed by atoms with Crippen LogP contribution < -0.4 is 16.4 Å². The number of aliphatic imine (C=N–C) groups is 1. The van der Waals surface area contributed by atoms with Crippen molar-refractivity contribution in [3.05, 3.63) is 58.7 Å². The predicted molar refractivity (Wildman–Crippen MR) is 240 cm³/mol. The van der Waals surface area contributed by atoms with E-state index in [1.165, 1.54) is 41.1 Å². The number of aliphatic carboxylic acids is 1. The molecular formula is C43H65N5O16S2. The number of guanidine groups is 1. The minimum Gasteiger partial charge on any atom is -0.478 e. The molecule has 0 aromatic carbocycles. The first-order valence-corrected chi connectivity index (χ1v) is 24.8. The fraction of sp³-hybridized carbons (Fsp3) is 0.698. The van der Waals surface area contributed by atoms with Crippen LogP contribution in [0.25, 0.3) is 0 Å². The highest BCUT2D eigenvalue weighted by Crippen LogP contribution is 2.44. The van der Waals surface area contributed by atoms with Gasteiger partial charge in [-0.05, 0) is 63.5 Å². The SMILES string of the molecule is CNC(CO)OC1C(OC2OC=C3C(=O)OC4CCC(CO)C4CSSCC(CO)N4C=C(C(=O)O)C(NC(N)=NCCCO)=C(C=CC3C2C=C2CCCC2)C4)OC(CO)C(O)C1(O)O. The molecule has 6 rings (SSSR count). The second-order valence-electron chi connectivity index (χ2n) is 17.1. The van der Waals surface area contributed by atoms with Crippen LogP contribution in [0.5, 0.6) is 0 Å². The number of nitrogens with two attached hydrogens (primary N) is 1. The molecule has 2 aliphatic carbocycles. The van der Waals surface area contributed by atoms with Gasteiger partial charge in [0.1, 0.15) is 24.5 Å². The number of esters is 1. The first-order valence-electron chi connectivity index (χ1n) is 22.3. The van der Waals surface area contributed by atoms with Crippen molar-refractivity contribution in [1.29, 1.82) is 0 Å². The molecule has 66 heavy (non-hydrogen) atoms. The Morgan fingerprint density at radius 2 is 1.85 bits per heavy atom. The second-order valence-corrected chi connectivity index (χ2v) is 19.7. The van der Waals surface area contributed by atoms with E-state index in [4.69, 9.17) is 29.4 Å². The van der Waals surface area contributed by atoms with E-state index in [9.17, 15) is 55.5 Å². The maximum absolute atomic E-state index is 14.6. The molecule has 12 unspecified atom stereocenters. The van der Waals surface area contributed by atoms with Crippen molar-refractivity contribution < 1.29 is 79.2 Å². The third kappa shape index (κ3) is 12.3. The van der Waals surface area contributed by atoms with Gasteiger partial charge in [-0.15, -0.1) is 0 Å². The lowest BCUT2D eigenvalue weighted by Gasteiger charge is -2.48. The van der Waals surface area contributed by atoms with Crippen molar-refractivity contribution in [2.75, 3.05) is 64.7 Å². The van der Waals surface area contributed by atoms with Gasteiger partial charge in [-0.1, -0.05) is 45.4 Å². The Bertz CT molecular complexity index is 1850. The van der Waals surface area contributed by atoms with Crippen LogP contribution in [0.1, 0.15) is 44.9 Å². The van der Waals surface area contributed by atoms with Gasteiger partial charge < -0.3 is 85.6 Å². The van der Waals surface area contributed by atoms with Gasteiger partial charge in [0.2, 0.25) is 12.1 Å². The van der Waals surface area contributed by atoms with Crippen molar-refractivity contribution >= 4 is 39.5 Å². The average Bonchev–Trinajstić information content (AvgIpc) is 3.97. The second kappa shape index (κ2) is 24.3. The molecule has 4 aliphatic heterocycles. The lowest BCUT2D eigenvalue weighted by Crippen LogP contribution is -2.69. The number of ether oxygens (including phenoxy) is 5. The number of allylic oxidation sites excluding steroid dienone is 2. The highest BCUT2D eigenvalue weighted by Gasteiger charge is 2.58. The summed E-state index contributed by atoms with van der Waals surface area (Å²) in [7, 11) is 4.43. The summed E-state index contributed by atoms with van der Waals surface area (Å²) in [5, 5.41) is 100. The maximum Gasteiger partial charge on any atom is 0.339 e. The van der Waals surface area contributed by atoms with Crippen molar-refractivity contribution in [2.45, 2.75) is 100.0 Å². The van der Waals surface area contributed by atoms with E-state index in [0.717, 1.165) is 18.4 Å². The molecule has 0 aromatic heterocycles. The first kappa shape index (κ1) is 52.1. The number of aliphatic hydroxyl groups excluding tert-OH is 6. The van der Waals surface area contributed by atoms with E-state index in [2.05, 4.69) is 15.6 Å². The highest BCUT2D eigenvalue weighted by molar-refractivity contribution is 8.76. The monoisotopic (exact) mass is 971 g/mol. The summed E-state index contributed by atoms with van der Waals surface area (Å²) in [6.45, 7) is -1.82. The summed E-state index contributed by atoms with van der Waals surface area (Å²) in [6.07, 6.45) is 2.06. The molecule has 0 aromatic rings. The van der Waals surface area contributed by atoms with E-state index in [1.807, 2.05) is 6.08 Å². The molecule has 0 radical (unpaired) electrons. The van der Waals surface area contributed by atoms with Gasteiger partial charge in [0.25, 0.3) is 0 Å². The first-order chi connectivity index (χ1) is 31.8. The predicted octanol–water partition coefficient (Wildman–Crippen LogP) is -1.27. The highest BCUT2D eigenvalue weighted by atomic mass is 33.1. The average molecular weight is 972 g/mol. The summed E-state index contributed by atoms with van der Waals surface area (Å²) in [5.41, 5.74) is 7.64. The van der Waals surface area contributed by atoms with E-state index in [0.29, 0.717) is 49.2 Å². The fourth-order valence-corrected chi connectivity index (χ4v) is 11.9. The smallest absolute Gasteiger partial charge is 0.339 e. The number of nitrogens with one attached hydrogen (secondary N) is 2. The van der Waals surface area contributed by atoms with Gasteiger partial charge in [0, 0.05) is 55.8 Å². The Hall–Kier alpha value is -3.27. The van der Waals surface area contributed by atoms with Crippen molar-refractivity contribution in [2.24, 2.45) is 34.4 Å². The van der Waals surface area contributed by atoms with Crippen molar-refractivity contribution in [3.8, 4) is 0 Å². The molecule has 23 heteroatoms. The van der Waals surface area contributed by atoms with Crippen LogP contribution in [-0.4, -0.2) is 188 Å². The lowest BCUT2D eigenvalue weighted by atomic mass is 9.81. The van der Waals surface area contributed by atoms with Crippen LogP contribution in [0.3, 0.4) is 0 Å². The minimum absolute atomic E-state index is 0.0663. The molecular weight excluding hydrogens is 907 g/mol. The molecule has 6 aliphatic rings. The zero-order chi connectivity index (χ0) is 47.5. The number of carboxylic acids is 1. The van der Waals surface area contributed by atoms with Crippen LogP contribution in [0.2, 0.25) is 0 Å². The third-order valence-electron chi connectivity index (χ3n) is 12.8. The normalized spacial score (nSPS) is 33.6. The Morgan fingerprint density at radius 1 is 1.09 bits per heavy atom. The van der Waals surface area contributed by atoms with Gasteiger partial charge in [0.05, 0.1) is 54.9 Å². The van der Waals surface area contributed by atoms with E-state index < -0.39 is 92.0 Å². The number of likely N-dealkylation sites (N-methyl/N-ethyl adjacent to an activating group) is 1. The number of fused-ring (bicyclic) bond motifs is 4. The molecule has 1 saturated heterocycles. The van der Waals surface area contributed by atoms with Gasteiger partial charge in [0.15, 0.2) is 18.4 Å². The molecule has 0 amide bonds. The van der Waals surface area contributed by atoms with Gasteiger partial charge in [-0.25, -0.2) is 9.59 Å². The standard InChI is InChI=1S/C43H65N5O16S2/c1-45-34(19-53)63-37-41(62-33(18-52)36(54)43(37,58)59)64-40-28(13-23-5-2-3-6-23)27-9-7-24-14-48(15-29(38(55)56)35(24)47-42(44)46-11-4-12-49)26(17-51)21-65-66-22-31-25(16-50)8-10-32(31)61-39(57)30(27)20-60-40/h7,9,13,15,20,25-28,31-34,36-37,40-41,45,49-54,58-59H,2-6,8,10-12,14,16-19,21-22H2,1H3,(H,55,56)(H3,44,46,47). The maximum atomic E-state index is 14.6. The third-order valence-corrected chi connectivity index (χ3v) is 15.4. The molecule has 12 atom stereocenters. The van der Waals surface area contributed by atoms with Gasteiger partial charge in [-0.2, -0.15) is 0 Å². The van der Waals surface area contributed by atoms with Crippen LogP contribution in [-0.2, 0) is 33.3 Å². The van der Waals surface area contributed by atoms with Crippen molar-refractivity contribution in [3.63, 3.8) is 0 Å². The lowest BCUT2D eigenvalue weighted by molar-refractivity contribution is -0.416. The number of carbonyl (C=O) groups is 2. The summed E-state index contributed by atoms with van der Waals surface area (Å²) in [6, 6.07) is -0.544. The number of hydrogen-bond acceptors (Lipinski definition) is 20. The molecule has 21 nitrogen and oxygen atoms in total. The van der Waals surface area contributed by atoms with Crippen LogP contribution >= 0.6 is 21.6 Å². The van der Waals surface area contributed by atoms with Gasteiger partial charge >= 0.3 is 11.9 Å². The number of hydrogen-bond donors (Lipinski definition) is 12. The largest absolute Gasteiger partial charge is 0.478 e. The van der Waals surface area contributed by atoms with E-state index >= 15 is 0 Å². The molecule has 3 fully saturated rings. The Kier molecular flexibility index (Phi) is 19.2. The van der Waals surface area contributed by atoms with E-state index in [-0.39, 0.29) is 67.5 Å². The molecule has 4 heterocycles. The Morgan fingerprint density at radius 3 is 2.52 bits per heavy atom. The quantitative estimate of drug-likeness (QED) is 0.0173. The van der Waals surface area contributed by atoms with Crippen LogP contribution in [0.4, 0.5) is 0 Å². The summed E-state index contributed by atoms with van der Waals surface area (Å²) < 4.78 is 30.7. The number of nitrogens with zero attached hydrogens (tertiary/aromatic N) is 2. The molecule has 0 spiro atoms. The van der Waals surface area contributed by atoms with Crippen LogP contribution in [0, 0.1) is 23.7 Å². The molecule has 13 N–H and O–H groups in total. The van der Waals surface area contributed by atoms with Crippen molar-refractivity contribution in [1.82, 2.24) is 15.5 Å². The summed E-state index contributed by atoms with van der Waals surface area (Å²) in [4.78, 5) is 33.6. The summed E-state index contributed by atoms with van der Waals surface area (Å²) >= 11 is 0. The Balaban J connectivity index is 1.50. The van der Waals surface area contributed by atoms with E-state index in [1.54, 1.807) is 17.1 Å². The number of rotatable bonds is 15. The number of carboxylic acid groups (broad SMARTS) is 1. The van der Waals surface area contributed by atoms with Crippen LogP contribution in [0.15, 0.2) is 63.7 Å². The fourth-order valence-electron chi connectivity index (χ4n) is 9.06. The topological polar surface area (TPSA) is 328 Å². The number of aliphatic hydroxyl groups is 8. The van der Waals surface area contributed by atoms with Gasteiger partial charge in [-0.3, -0.25) is 10.3 Å². The molecule has 2 bridgehead atoms. The Labute approximate surface area is 390 Å². The molecule has 2 saturated carbocycles. The summed E-state index contributed by atoms with van der Waals surface area (Å²) in [5.74, 6) is -6.53.